The molecule has 2 aromatic rings. The van der Waals surface area contributed by atoms with E-state index in [1.807, 2.05) is 6.07 Å². The van der Waals surface area contributed by atoms with Crippen LogP contribution in [-0.4, -0.2) is 90.7 Å². The first kappa shape index (κ1) is 23.5. The van der Waals surface area contributed by atoms with Gasteiger partial charge in [0.2, 0.25) is 5.79 Å². The van der Waals surface area contributed by atoms with Gasteiger partial charge in [-0.1, -0.05) is 31.2 Å². The summed E-state index contributed by atoms with van der Waals surface area (Å²) >= 11 is 0. The third-order valence-electron chi connectivity index (χ3n) is 8.00. The number of carbonyl (C=O) groups is 1. The predicted molar refractivity (Wildman–Crippen MR) is 130 cm³/mol. The Balaban J connectivity index is 1.33. The van der Waals surface area contributed by atoms with Gasteiger partial charge in [0.15, 0.2) is 12.0 Å². The van der Waals surface area contributed by atoms with Gasteiger partial charge in [0, 0.05) is 11.8 Å². The Morgan fingerprint density at radius 3 is 2.92 bits per heavy atom. The van der Waals surface area contributed by atoms with Crippen molar-refractivity contribution >= 4 is 17.8 Å². The van der Waals surface area contributed by atoms with Crippen LogP contribution in [0.25, 0.3) is 0 Å². The lowest BCUT2D eigenvalue weighted by atomic mass is 9.79. The number of benzene rings is 1. The van der Waals surface area contributed by atoms with Crippen molar-refractivity contribution in [2.45, 2.75) is 61.8 Å². The van der Waals surface area contributed by atoms with Crippen molar-refractivity contribution in [1.82, 2.24) is 30.5 Å². The van der Waals surface area contributed by atoms with Crippen molar-refractivity contribution in [3.8, 4) is 5.75 Å². The highest BCUT2D eigenvalue weighted by Gasteiger charge is 2.76. The summed E-state index contributed by atoms with van der Waals surface area (Å²) in [6.45, 7) is 4.94. The number of amides is 1. The molecule has 14 nitrogen and oxygen atoms in total. The second-order valence-electron chi connectivity index (χ2n) is 10.6. The van der Waals surface area contributed by atoms with E-state index in [-0.39, 0.29) is 30.4 Å². The van der Waals surface area contributed by atoms with E-state index in [1.165, 1.54) is 11.1 Å². The minimum absolute atomic E-state index is 0.0239. The fourth-order valence-corrected chi connectivity index (χ4v) is 6.03. The number of fused-ring (bicyclic) bond motifs is 1. The number of nitrogens with two attached hydrogens (primary N) is 2. The van der Waals surface area contributed by atoms with Crippen molar-refractivity contribution in [1.29, 1.82) is 0 Å². The fourth-order valence-electron chi connectivity index (χ4n) is 6.03. The predicted octanol–water partition coefficient (Wildman–Crippen LogP) is -4.11. The number of nitrogens with one attached hydrogen (secondary N) is 3. The van der Waals surface area contributed by atoms with Crippen LogP contribution in [0.15, 0.2) is 35.6 Å². The minimum Gasteiger partial charge on any atom is -0.492 e. The molecule has 1 spiro atoms. The van der Waals surface area contributed by atoms with E-state index in [1.54, 1.807) is 23.0 Å². The molecule has 1 aromatic carbocycles. The molecule has 0 saturated carbocycles. The molecule has 2 unspecified atom stereocenters. The zero-order chi connectivity index (χ0) is 26.2. The maximum atomic E-state index is 13.5. The van der Waals surface area contributed by atoms with E-state index in [2.05, 4.69) is 44.8 Å². The number of nitrogens with zero attached hydrogens (tertiary/aromatic N) is 5. The first-order valence-corrected chi connectivity index (χ1v) is 12.2. The van der Waals surface area contributed by atoms with E-state index >= 15 is 0 Å². The molecule has 196 valence electrons. The van der Waals surface area contributed by atoms with Gasteiger partial charge in [-0.2, -0.15) is 0 Å². The van der Waals surface area contributed by atoms with Crippen molar-refractivity contribution in [3.63, 3.8) is 0 Å². The number of hydrogen-bond acceptors (Lipinski definition) is 11. The molecular formula is C23H31N10O4+. The summed E-state index contributed by atoms with van der Waals surface area (Å²) in [6, 6.07) is 2.99. The molecule has 9 N–H and O–H groups in total. The van der Waals surface area contributed by atoms with Gasteiger partial charge in [-0.15, -0.1) is 5.10 Å². The van der Waals surface area contributed by atoms with Gasteiger partial charge in [0.1, 0.15) is 17.8 Å². The van der Waals surface area contributed by atoms with Crippen LogP contribution in [0.5, 0.6) is 5.75 Å². The van der Waals surface area contributed by atoms with E-state index in [0.29, 0.717) is 17.9 Å². The van der Waals surface area contributed by atoms with E-state index in [4.69, 9.17) is 16.2 Å². The largest absolute Gasteiger partial charge is 0.492 e. The van der Waals surface area contributed by atoms with Gasteiger partial charge >= 0.3 is 5.96 Å². The zero-order valence-corrected chi connectivity index (χ0v) is 20.5. The maximum absolute atomic E-state index is 13.5. The average Bonchev–Trinajstić information content (AvgIpc) is 3.52. The Hall–Kier alpha value is -3.91. The molecule has 0 aliphatic carbocycles. The quantitative estimate of drug-likeness (QED) is 0.198. The van der Waals surface area contributed by atoms with Gasteiger partial charge in [0.05, 0.1) is 31.5 Å². The molecule has 4 atom stereocenters. The van der Waals surface area contributed by atoms with Crippen LogP contribution in [0.4, 0.5) is 0 Å². The Labute approximate surface area is 212 Å². The van der Waals surface area contributed by atoms with E-state index in [9.17, 15) is 15.0 Å². The highest BCUT2D eigenvalue weighted by atomic mass is 16.5. The maximum Gasteiger partial charge on any atom is 0.343 e. The lowest BCUT2D eigenvalue weighted by Crippen LogP contribution is -2.90. The smallest absolute Gasteiger partial charge is 0.343 e. The van der Waals surface area contributed by atoms with Crippen molar-refractivity contribution < 1.29 is 24.7 Å². The molecule has 14 heteroatoms. The Morgan fingerprint density at radius 2 is 2.16 bits per heavy atom. The average molecular weight is 512 g/mol. The Kier molecular flexibility index (Phi) is 4.95. The van der Waals surface area contributed by atoms with Crippen LogP contribution in [0.1, 0.15) is 36.2 Å². The molecule has 1 aromatic heterocycles. The third kappa shape index (κ3) is 3.28. The molecule has 4 aliphatic heterocycles. The van der Waals surface area contributed by atoms with Gasteiger partial charge in [-0.25, -0.2) is 10.3 Å². The molecule has 1 amide bonds. The van der Waals surface area contributed by atoms with Gasteiger partial charge in [-0.05, 0) is 17.9 Å². The third-order valence-corrected chi connectivity index (χ3v) is 8.00. The Morgan fingerprint density at radius 1 is 1.35 bits per heavy atom. The number of ether oxygens (including phenoxy) is 1. The zero-order valence-electron chi connectivity index (χ0n) is 20.5. The summed E-state index contributed by atoms with van der Waals surface area (Å²) in [7, 11) is 0. The number of guanidine groups is 2. The van der Waals surface area contributed by atoms with Crippen LogP contribution >= 0.6 is 0 Å². The first-order valence-electron chi connectivity index (χ1n) is 12.2. The van der Waals surface area contributed by atoms with Crippen LogP contribution in [-0.2, 0) is 12.0 Å². The molecule has 37 heavy (non-hydrogen) atoms. The molecule has 1 saturated heterocycles. The molecule has 6 rings (SSSR count). The number of aromatic nitrogens is 3. The highest BCUT2D eigenvalue weighted by molar-refractivity contribution is 5.98. The lowest BCUT2D eigenvalue weighted by Gasteiger charge is -2.46. The summed E-state index contributed by atoms with van der Waals surface area (Å²) in [6.07, 6.45) is 4.04. The summed E-state index contributed by atoms with van der Waals surface area (Å²) in [5.74, 6) is -2.26. The standard InChI is InChI=1S/C23H30N10O4/c1-21(2)6-9-37-16-12(4-3-5-13(16)21)18(34)28-15-11-33-20(25)27-14(10-32-8-7-26-31-32)17-22(33,23(15,35)36)30-19(24)29-17/h3-5,7-8,14-15,17,35-36H,6,9-11H2,1-2H3,(H2,25,27)(H,28,34)(H3,24,29,30)/p+1/t14-,15?,17-,22?/m0/s1. The molecule has 4 aliphatic rings. The molecule has 0 radical (unpaired) electrons. The van der Waals surface area contributed by atoms with Gasteiger partial charge in [-0.3, -0.25) is 25.1 Å². The van der Waals surface area contributed by atoms with Crippen LogP contribution in [0, 0.1) is 0 Å². The fraction of sp³-hybridized carbons (Fsp3) is 0.522. The van der Waals surface area contributed by atoms with E-state index < -0.39 is 35.5 Å². The summed E-state index contributed by atoms with van der Waals surface area (Å²) in [4.78, 5) is 22.7. The minimum atomic E-state index is -2.50. The van der Waals surface area contributed by atoms with Crippen molar-refractivity contribution in [3.05, 3.63) is 41.7 Å². The summed E-state index contributed by atoms with van der Waals surface area (Å²) in [5.41, 5.74) is 12.0. The number of aliphatic imine (C=N–C) groups is 1. The number of hydrogen-bond donors (Lipinski definition) is 7. The van der Waals surface area contributed by atoms with Gasteiger partial charge in [0.25, 0.3) is 11.6 Å². The molecule has 0 bridgehead atoms. The summed E-state index contributed by atoms with van der Waals surface area (Å²) in [5, 5.41) is 36.9. The molecule has 5 heterocycles. The monoisotopic (exact) mass is 511 g/mol. The normalized spacial score (nSPS) is 30.7. The second kappa shape index (κ2) is 7.79. The molecule has 1 fully saturated rings. The summed E-state index contributed by atoms with van der Waals surface area (Å²) < 4.78 is 7.47. The van der Waals surface area contributed by atoms with Crippen LogP contribution in [0.3, 0.4) is 0 Å². The molecular weight excluding hydrogens is 480 g/mol. The topological polar surface area (TPSA) is 203 Å². The highest BCUT2D eigenvalue weighted by Crippen LogP contribution is 2.43. The van der Waals surface area contributed by atoms with Crippen LogP contribution in [0.2, 0.25) is 0 Å². The first-order chi connectivity index (χ1) is 17.5. The van der Waals surface area contributed by atoms with Crippen LogP contribution < -0.4 is 31.8 Å². The number of para-hydroxylation sites is 1. The second-order valence-corrected chi connectivity index (χ2v) is 10.6. The number of carbonyl (C=O) groups excluding carboxylic acids is 1. The number of rotatable bonds is 4. The van der Waals surface area contributed by atoms with Gasteiger partial charge < -0.3 is 26.0 Å². The van der Waals surface area contributed by atoms with Crippen molar-refractivity contribution in [2.75, 3.05) is 13.2 Å². The SMILES string of the molecule is CC1(C)CCOc2c(C(=O)NC3CN4C(N)=N[C@@H](Cn5ccnn5)[C@@H]5[NH+]=C(N)NC54C3(O)O)cccc21. The lowest BCUT2D eigenvalue weighted by molar-refractivity contribution is -0.522. The number of aliphatic hydroxyl groups is 2. The van der Waals surface area contributed by atoms with E-state index in [0.717, 1.165) is 12.0 Å². The Bertz CT molecular complexity index is 1310. The van der Waals surface area contributed by atoms with Crippen molar-refractivity contribution in [2.24, 2.45) is 16.5 Å².